The minimum absolute atomic E-state index is 0.0853. The van der Waals surface area contributed by atoms with Crippen molar-refractivity contribution in [1.82, 2.24) is 9.80 Å². The molecule has 2 aromatic heterocycles. The van der Waals surface area contributed by atoms with Gasteiger partial charge < -0.3 is 38.6 Å². The maximum Gasteiger partial charge on any atom is 0.350 e. The van der Waals surface area contributed by atoms with Crippen molar-refractivity contribution >= 4 is 116 Å². The molecule has 83 heavy (non-hydrogen) atoms. The molecule has 2 aliphatic rings. The van der Waals surface area contributed by atoms with Crippen LogP contribution in [0.25, 0.3) is 20.9 Å². The zero-order valence-electron chi connectivity index (χ0n) is 44.1. The molecule has 0 bridgehead atoms. The molecule has 2 aliphatic heterocycles. The summed E-state index contributed by atoms with van der Waals surface area (Å²) in [5.41, 5.74) is 2.08. The lowest BCUT2D eigenvalue weighted by atomic mass is 10.1. The Balaban J connectivity index is 0.000000200. The van der Waals surface area contributed by atoms with Crippen LogP contribution in [-0.4, -0.2) is 123 Å². The SMILES string of the molecule is COC(=O)c1sc(-c2ccc(Oc3ccccc3)cc2)cc1N(CC(=O)N1CCOCC1)C(=O)c1ccc(Cl)cc1Cl.O=C(O)c1sc(-c2ccc(Oc3ccccc3)cc2)cc1N(CC(=O)N1CCOCC1)C(=O)c1ccc(Cl)cc1Cl. The number of para-hydroxylation sites is 2. The molecule has 0 aliphatic carbocycles. The number of rotatable bonds is 16. The third-order valence-electron chi connectivity index (χ3n) is 12.9. The summed E-state index contributed by atoms with van der Waals surface area (Å²) in [4.78, 5) is 86.8. The summed E-state index contributed by atoms with van der Waals surface area (Å²) in [5.74, 6) is -1.01. The van der Waals surface area contributed by atoms with Crippen LogP contribution in [0.15, 0.2) is 158 Å². The third kappa shape index (κ3) is 15.1. The Hall–Kier alpha value is -7.78. The largest absolute Gasteiger partial charge is 0.477 e. The van der Waals surface area contributed by atoms with Crippen molar-refractivity contribution in [1.29, 1.82) is 0 Å². The maximum absolute atomic E-state index is 14.0. The van der Waals surface area contributed by atoms with Gasteiger partial charge in [-0.3, -0.25) is 29.0 Å². The van der Waals surface area contributed by atoms with E-state index in [4.69, 9.17) is 70.1 Å². The number of carboxylic acid groups (broad SMARTS) is 1. The Labute approximate surface area is 505 Å². The van der Waals surface area contributed by atoms with Crippen molar-refractivity contribution in [3.8, 4) is 43.9 Å². The van der Waals surface area contributed by atoms with Gasteiger partial charge in [0, 0.05) is 46.0 Å². The number of benzene rings is 6. The quantitative estimate of drug-likeness (QED) is 0.0905. The van der Waals surface area contributed by atoms with Crippen LogP contribution in [0.5, 0.6) is 23.0 Å². The Bertz CT molecular complexity index is 3630. The molecule has 0 unspecified atom stereocenters. The van der Waals surface area contributed by atoms with E-state index in [1.165, 1.54) is 47.2 Å². The van der Waals surface area contributed by atoms with E-state index in [0.29, 0.717) is 95.4 Å². The fourth-order valence-electron chi connectivity index (χ4n) is 8.71. The van der Waals surface area contributed by atoms with Gasteiger partial charge in [-0.1, -0.05) is 82.8 Å². The maximum atomic E-state index is 14.0. The fraction of sp³-hybridized carbons (Fsp3) is 0.180. The lowest BCUT2D eigenvalue weighted by Gasteiger charge is -2.30. The molecule has 16 nitrogen and oxygen atoms in total. The molecular weight excluding hydrogens is 1190 g/mol. The van der Waals surface area contributed by atoms with Crippen LogP contribution < -0.4 is 19.3 Å². The van der Waals surface area contributed by atoms with Gasteiger partial charge in [0.25, 0.3) is 11.8 Å². The molecule has 0 atom stereocenters. The molecule has 426 valence electrons. The average molecular weight is 1240 g/mol. The number of hydrogen-bond donors (Lipinski definition) is 1. The predicted octanol–water partition coefficient (Wildman–Crippen LogP) is 13.5. The minimum atomic E-state index is -1.22. The number of aromatic carboxylic acids is 1. The summed E-state index contributed by atoms with van der Waals surface area (Å²) >= 11 is 27.0. The number of halogens is 4. The van der Waals surface area contributed by atoms with Gasteiger partial charge in [0.2, 0.25) is 11.8 Å². The number of thiophene rings is 2. The van der Waals surface area contributed by atoms with E-state index in [-0.39, 0.29) is 67.2 Å². The molecule has 10 rings (SSSR count). The Morgan fingerprint density at radius 1 is 0.506 bits per heavy atom. The first kappa shape index (κ1) is 59.8. The van der Waals surface area contributed by atoms with Crippen molar-refractivity contribution < 1.29 is 57.6 Å². The smallest absolute Gasteiger partial charge is 0.350 e. The molecule has 2 fully saturated rings. The average Bonchev–Trinajstić information content (AvgIpc) is 4.35. The zero-order valence-corrected chi connectivity index (χ0v) is 48.8. The second-order valence-electron chi connectivity index (χ2n) is 18.3. The monoisotopic (exact) mass is 1230 g/mol. The van der Waals surface area contributed by atoms with Crippen molar-refractivity contribution in [2.75, 3.05) is 82.6 Å². The van der Waals surface area contributed by atoms with Crippen LogP contribution in [0, 0.1) is 0 Å². The van der Waals surface area contributed by atoms with Crippen LogP contribution in [0.2, 0.25) is 20.1 Å². The molecule has 0 spiro atoms. The van der Waals surface area contributed by atoms with Crippen molar-refractivity contribution in [3.63, 3.8) is 0 Å². The number of anilines is 2. The van der Waals surface area contributed by atoms with Gasteiger partial charge in [-0.15, -0.1) is 22.7 Å². The van der Waals surface area contributed by atoms with Gasteiger partial charge in [0.15, 0.2) is 0 Å². The minimum Gasteiger partial charge on any atom is -0.477 e. The van der Waals surface area contributed by atoms with Crippen molar-refractivity contribution in [2.24, 2.45) is 0 Å². The molecular formula is C61H50Cl4N4O12S2. The predicted molar refractivity (Wildman–Crippen MR) is 322 cm³/mol. The second kappa shape index (κ2) is 28.0. The Morgan fingerprint density at radius 3 is 1.25 bits per heavy atom. The number of carbonyl (C=O) groups is 6. The van der Waals surface area contributed by atoms with Crippen molar-refractivity contribution in [3.05, 3.63) is 199 Å². The number of carboxylic acids is 1. The number of methoxy groups -OCH3 is 1. The van der Waals surface area contributed by atoms with Gasteiger partial charge >= 0.3 is 11.9 Å². The van der Waals surface area contributed by atoms with E-state index >= 15 is 0 Å². The van der Waals surface area contributed by atoms with Crippen LogP contribution >= 0.6 is 69.1 Å². The van der Waals surface area contributed by atoms with E-state index in [2.05, 4.69) is 0 Å². The molecule has 2 saturated heterocycles. The topological polar surface area (TPSA) is 182 Å². The van der Waals surface area contributed by atoms with Crippen LogP contribution in [0.1, 0.15) is 40.1 Å². The number of amides is 4. The summed E-state index contributed by atoms with van der Waals surface area (Å²) in [6.45, 7) is 2.44. The summed E-state index contributed by atoms with van der Waals surface area (Å²) < 4.78 is 27.5. The van der Waals surface area contributed by atoms with Gasteiger partial charge in [0.05, 0.1) is 66.1 Å². The molecule has 6 aromatic carbocycles. The lowest BCUT2D eigenvalue weighted by molar-refractivity contribution is -0.134. The van der Waals surface area contributed by atoms with E-state index in [1.807, 2.05) is 84.9 Å². The first-order valence-electron chi connectivity index (χ1n) is 25.6. The summed E-state index contributed by atoms with van der Waals surface area (Å²) in [7, 11) is 1.27. The summed E-state index contributed by atoms with van der Waals surface area (Å²) in [6.07, 6.45) is 0. The number of esters is 1. The second-order valence-corrected chi connectivity index (χ2v) is 22.1. The normalized spacial score (nSPS) is 13.0. The molecule has 1 N–H and O–H groups in total. The molecule has 22 heteroatoms. The summed E-state index contributed by atoms with van der Waals surface area (Å²) in [5, 5.41) is 11.0. The first-order chi connectivity index (χ1) is 40.1. The highest BCUT2D eigenvalue weighted by Crippen LogP contribution is 2.41. The Morgan fingerprint density at radius 2 is 0.880 bits per heavy atom. The summed E-state index contributed by atoms with van der Waals surface area (Å²) in [6, 6.07) is 45.5. The van der Waals surface area contributed by atoms with Gasteiger partial charge in [-0.05, 0) is 132 Å². The fourth-order valence-corrected chi connectivity index (χ4v) is 11.8. The number of nitrogens with zero attached hydrogens (tertiary/aromatic N) is 4. The number of morpholine rings is 2. The number of ether oxygens (including phenoxy) is 5. The van der Waals surface area contributed by atoms with Crippen LogP contribution in [0.4, 0.5) is 11.4 Å². The highest BCUT2D eigenvalue weighted by molar-refractivity contribution is 7.18. The van der Waals surface area contributed by atoms with Gasteiger partial charge in [0.1, 0.15) is 45.8 Å². The van der Waals surface area contributed by atoms with E-state index < -0.39 is 23.8 Å². The lowest BCUT2D eigenvalue weighted by Crippen LogP contribution is -2.47. The highest BCUT2D eigenvalue weighted by Gasteiger charge is 2.33. The van der Waals surface area contributed by atoms with Crippen LogP contribution in [-0.2, 0) is 23.8 Å². The van der Waals surface area contributed by atoms with E-state index in [0.717, 1.165) is 33.8 Å². The van der Waals surface area contributed by atoms with Gasteiger partial charge in [-0.25, -0.2) is 9.59 Å². The Kier molecular flexibility index (Phi) is 20.2. The van der Waals surface area contributed by atoms with Crippen LogP contribution in [0.3, 0.4) is 0 Å². The van der Waals surface area contributed by atoms with E-state index in [1.54, 1.807) is 52.3 Å². The third-order valence-corrected chi connectivity index (χ3v) is 16.3. The van der Waals surface area contributed by atoms with E-state index in [9.17, 15) is 33.9 Å². The molecule has 4 amide bonds. The van der Waals surface area contributed by atoms with Gasteiger partial charge in [-0.2, -0.15) is 0 Å². The van der Waals surface area contributed by atoms with Crippen molar-refractivity contribution in [2.45, 2.75) is 0 Å². The standard InChI is InChI=1S/C31H26Cl2N2O6S.C30H24Cl2N2O6S/c1-39-31(38)29-26(18-27(42-29)20-7-10-23(11-8-20)41-22-5-3-2-4-6-22)35(19-28(36)34-13-15-40-16-14-34)30(37)24-12-9-21(32)17-25(24)33;31-20-8-11-23(24(32)16-20)29(36)34(18-27(35)33-12-14-39-15-13-33)25-17-26(41-28(25)30(37)38)19-6-9-22(10-7-19)40-21-4-2-1-3-5-21/h2-12,17-18H,13-16,19H2,1H3;1-11,16-17H,12-15,18H2,(H,37,38). The number of carbonyl (C=O) groups excluding carboxylic acids is 5. The zero-order chi connectivity index (χ0) is 58.6. The molecule has 8 aromatic rings. The highest BCUT2D eigenvalue weighted by atomic mass is 35.5. The first-order valence-corrected chi connectivity index (χ1v) is 28.8. The molecule has 0 radical (unpaired) electrons. The number of hydrogen-bond acceptors (Lipinski definition) is 13. The molecule has 0 saturated carbocycles. The molecule has 4 heterocycles.